The van der Waals surface area contributed by atoms with E-state index in [4.69, 9.17) is 10.6 Å². The molecule has 6 heteroatoms. The van der Waals surface area contributed by atoms with Gasteiger partial charge in [0.1, 0.15) is 0 Å². The van der Waals surface area contributed by atoms with E-state index in [1.54, 1.807) is 12.4 Å². The van der Waals surface area contributed by atoms with Gasteiger partial charge in [-0.1, -0.05) is 0 Å². The van der Waals surface area contributed by atoms with Crippen LogP contribution >= 0.6 is 0 Å². The van der Waals surface area contributed by atoms with Crippen LogP contribution in [-0.4, -0.2) is 49.2 Å². The normalized spacial score (nSPS) is 11.4. The molecule has 0 aliphatic heterocycles. The van der Waals surface area contributed by atoms with Crippen molar-refractivity contribution in [1.82, 2.24) is 15.3 Å². The van der Waals surface area contributed by atoms with Crippen molar-refractivity contribution in [3.63, 3.8) is 0 Å². The summed E-state index contributed by atoms with van der Waals surface area (Å²) < 4.78 is 5.27. The molecule has 0 aliphatic rings. The van der Waals surface area contributed by atoms with Crippen LogP contribution in [0.1, 0.15) is 18.9 Å². The molecule has 1 aromatic heterocycles. The van der Waals surface area contributed by atoms with Crippen LogP contribution in [0, 0.1) is 0 Å². The topological polar surface area (TPSA) is 75.8 Å². The van der Waals surface area contributed by atoms with Crippen LogP contribution in [-0.2, 0) is 11.2 Å². The van der Waals surface area contributed by atoms with Gasteiger partial charge in [-0.25, -0.2) is 5.84 Å². The van der Waals surface area contributed by atoms with Crippen LogP contribution in [0.2, 0.25) is 0 Å². The maximum absolute atomic E-state index is 5.52. The van der Waals surface area contributed by atoms with Crippen LogP contribution in [0.5, 0.6) is 0 Å². The van der Waals surface area contributed by atoms with Crippen LogP contribution in [0.4, 0.5) is 0 Å². The SMILES string of the molecule is CCOCCCN=C(NN)N(C)CCc1ccncc1. The van der Waals surface area contributed by atoms with E-state index in [-0.39, 0.29) is 0 Å². The second-order valence-electron chi connectivity index (χ2n) is 4.43. The number of hydrazine groups is 1. The molecule has 1 aromatic rings. The number of aromatic nitrogens is 1. The third kappa shape index (κ3) is 6.49. The summed E-state index contributed by atoms with van der Waals surface area (Å²) in [5, 5.41) is 0. The standard InChI is InChI=1S/C14H25N5O/c1-3-20-12-4-8-17-14(18-15)19(2)11-7-13-5-9-16-10-6-13/h5-6,9-10H,3-4,7-8,11-12,15H2,1-2H3,(H,17,18). The minimum Gasteiger partial charge on any atom is -0.382 e. The van der Waals surface area contributed by atoms with Crippen molar-refractivity contribution in [3.8, 4) is 0 Å². The summed E-state index contributed by atoms with van der Waals surface area (Å²) in [4.78, 5) is 10.5. The van der Waals surface area contributed by atoms with E-state index in [1.807, 2.05) is 31.0 Å². The van der Waals surface area contributed by atoms with Crippen molar-refractivity contribution in [2.24, 2.45) is 10.8 Å². The summed E-state index contributed by atoms with van der Waals surface area (Å²) in [5.74, 6) is 6.22. The van der Waals surface area contributed by atoms with Gasteiger partial charge in [-0.05, 0) is 37.5 Å². The Hall–Kier alpha value is -1.66. The van der Waals surface area contributed by atoms with E-state index in [2.05, 4.69) is 15.4 Å². The molecule has 0 atom stereocenters. The van der Waals surface area contributed by atoms with E-state index >= 15 is 0 Å². The lowest BCUT2D eigenvalue weighted by atomic mass is 10.2. The number of hydrogen-bond acceptors (Lipinski definition) is 4. The quantitative estimate of drug-likeness (QED) is 0.242. The number of likely N-dealkylation sites (N-methyl/N-ethyl adjacent to an activating group) is 1. The van der Waals surface area contributed by atoms with Crippen LogP contribution < -0.4 is 11.3 Å². The maximum Gasteiger partial charge on any atom is 0.208 e. The molecule has 0 spiro atoms. The first-order chi connectivity index (χ1) is 9.77. The molecule has 0 bridgehead atoms. The minimum absolute atomic E-state index is 0.704. The van der Waals surface area contributed by atoms with Crippen LogP contribution in [0.25, 0.3) is 0 Å². The number of hydrogen-bond donors (Lipinski definition) is 2. The molecule has 112 valence electrons. The Morgan fingerprint density at radius 3 is 2.85 bits per heavy atom. The van der Waals surface area contributed by atoms with Crippen molar-refractivity contribution in [2.45, 2.75) is 19.8 Å². The minimum atomic E-state index is 0.704. The van der Waals surface area contributed by atoms with Gasteiger partial charge in [0, 0.05) is 45.7 Å². The lowest BCUT2D eigenvalue weighted by Gasteiger charge is -2.20. The number of nitrogens with two attached hydrogens (primary N) is 1. The molecule has 6 nitrogen and oxygen atoms in total. The van der Waals surface area contributed by atoms with E-state index in [9.17, 15) is 0 Å². The fraction of sp³-hybridized carbons (Fsp3) is 0.571. The van der Waals surface area contributed by atoms with Gasteiger partial charge in [0.05, 0.1) is 0 Å². The summed E-state index contributed by atoms with van der Waals surface area (Å²) in [6, 6.07) is 4.03. The van der Waals surface area contributed by atoms with E-state index in [1.165, 1.54) is 5.56 Å². The van der Waals surface area contributed by atoms with E-state index in [0.29, 0.717) is 12.5 Å². The highest BCUT2D eigenvalue weighted by atomic mass is 16.5. The molecule has 0 aliphatic carbocycles. The first kappa shape index (κ1) is 16.4. The molecule has 20 heavy (non-hydrogen) atoms. The number of pyridine rings is 1. The third-order valence-electron chi connectivity index (χ3n) is 2.89. The Kier molecular flexibility index (Phi) is 8.33. The lowest BCUT2D eigenvalue weighted by Crippen LogP contribution is -2.43. The first-order valence-electron chi connectivity index (χ1n) is 6.96. The fourth-order valence-corrected chi connectivity index (χ4v) is 1.72. The summed E-state index contributed by atoms with van der Waals surface area (Å²) in [5.41, 5.74) is 3.90. The largest absolute Gasteiger partial charge is 0.382 e. The van der Waals surface area contributed by atoms with E-state index in [0.717, 1.165) is 32.6 Å². The molecule has 1 heterocycles. The number of guanidine groups is 1. The third-order valence-corrected chi connectivity index (χ3v) is 2.89. The van der Waals surface area contributed by atoms with Crippen LogP contribution in [0.3, 0.4) is 0 Å². The Morgan fingerprint density at radius 2 is 2.20 bits per heavy atom. The number of ether oxygens (including phenoxy) is 1. The molecule has 0 unspecified atom stereocenters. The van der Waals surface area contributed by atoms with Gasteiger partial charge in [0.25, 0.3) is 0 Å². The average Bonchev–Trinajstić information content (AvgIpc) is 2.49. The molecule has 0 saturated carbocycles. The van der Waals surface area contributed by atoms with Crippen molar-refractivity contribution in [1.29, 1.82) is 0 Å². The molecule has 0 aromatic carbocycles. The Balaban J connectivity index is 2.34. The van der Waals surface area contributed by atoms with Gasteiger partial charge in [-0.3, -0.25) is 15.4 Å². The highest BCUT2D eigenvalue weighted by Gasteiger charge is 2.04. The average molecular weight is 279 g/mol. The molecule has 0 radical (unpaired) electrons. The Bertz CT molecular complexity index is 382. The fourth-order valence-electron chi connectivity index (χ4n) is 1.72. The summed E-state index contributed by atoms with van der Waals surface area (Å²) in [6.45, 7) is 5.02. The highest BCUT2D eigenvalue weighted by molar-refractivity contribution is 5.79. The zero-order valence-electron chi connectivity index (χ0n) is 12.4. The molecule has 1 rings (SSSR count). The second kappa shape index (κ2) is 10.2. The maximum atomic E-state index is 5.52. The number of aliphatic imine (C=N–C) groups is 1. The predicted octanol–water partition coefficient (Wildman–Crippen LogP) is 0.802. The number of nitrogens with zero attached hydrogens (tertiary/aromatic N) is 3. The van der Waals surface area contributed by atoms with Gasteiger partial charge in [-0.2, -0.15) is 0 Å². The molecule has 0 amide bonds. The summed E-state index contributed by atoms with van der Waals surface area (Å²) in [7, 11) is 1.97. The molecule has 3 N–H and O–H groups in total. The van der Waals surface area contributed by atoms with Gasteiger partial charge in [0.2, 0.25) is 5.96 Å². The zero-order chi connectivity index (χ0) is 14.6. The smallest absolute Gasteiger partial charge is 0.208 e. The number of rotatable bonds is 8. The predicted molar refractivity (Wildman–Crippen MR) is 81.3 cm³/mol. The van der Waals surface area contributed by atoms with E-state index < -0.39 is 0 Å². The van der Waals surface area contributed by atoms with Crippen LogP contribution in [0.15, 0.2) is 29.5 Å². The van der Waals surface area contributed by atoms with Crippen molar-refractivity contribution in [3.05, 3.63) is 30.1 Å². The van der Waals surface area contributed by atoms with Gasteiger partial charge in [0.15, 0.2) is 0 Å². The Labute approximate surface area is 121 Å². The highest BCUT2D eigenvalue weighted by Crippen LogP contribution is 1.99. The summed E-state index contributed by atoms with van der Waals surface area (Å²) in [6.07, 6.45) is 5.44. The lowest BCUT2D eigenvalue weighted by molar-refractivity contribution is 0.146. The zero-order valence-corrected chi connectivity index (χ0v) is 12.4. The second-order valence-corrected chi connectivity index (χ2v) is 4.43. The molecular formula is C14H25N5O. The van der Waals surface area contributed by atoms with Crippen molar-refractivity contribution < 1.29 is 4.74 Å². The summed E-state index contributed by atoms with van der Waals surface area (Å²) >= 11 is 0. The Morgan fingerprint density at radius 1 is 1.45 bits per heavy atom. The first-order valence-corrected chi connectivity index (χ1v) is 6.96. The monoisotopic (exact) mass is 279 g/mol. The van der Waals surface area contributed by atoms with Crippen molar-refractivity contribution in [2.75, 3.05) is 33.4 Å². The van der Waals surface area contributed by atoms with Crippen molar-refractivity contribution >= 4 is 5.96 Å². The van der Waals surface area contributed by atoms with Gasteiger partial charge < -0.3 is 9.64 Å². The molecular weight excluding hydrogens is 254 g/mol. The van der Waals surface area contributed by atoms with Gasteiger partial charge >= 0.3 is 0 Å². The number of nitrogens with one attached hydrogen (secondary N) is 1. The molecule has 0 fully saturated rings. The van der Waals surface area contributed by atoms with Gasteiger partial charge in [-0.15, -0.1) is 0 Å². The molecule has 0 saturated heterocycles.